The summed E-state index contributed by atoms with van der Waals surface area (Å²) in [6.07, 6.45) is -1.29. The van der Waals surface area contributed by atoms with Crippen LogP contribution in [0.1, 0.15) is 30.4 Å². The Balaban J connectivity index is 1.43. The second kappa shape index (κ2) is 9.62. The third kappa shape index (κ3) is 4.85. The van der Waals surface area contributed by atoms with Crippen molar-refractivity contribution in [3.8, 4) is 11.1 Å². The molecule has 8 nitrogen and oxygen atoms in total. The van der Waals surface area contributed by atoms with Crippen LogP contribution in [-0.2, 0) is 14.3 Å². The number of benzene rings is 2. The number of fused-ring (bicyclic) bond motifs is 3. The van der Waals surface area contributed by atoms with E-state index in [1.807, 2.05) is 62.5 Å². The molecule has 1 fully saturated rings. The van der Waals surface area contributed by atoms with Gasteiger partial charge in [-0.15, -0.1) is 0 Å². The first-order chi connectivity index (χ1) is 15.8. The number of piperazine rings is 1. The number of nitrogens with zero attached hydrogens (tertiary/aromatic N) is 2. The fraction of sp³-hybridized carbons (Fsp3) is 0.400. The molecule has 0 radical (unpaired) electrons. The Kier molecular flexibility index (Phi) is 6.65. The Morgan fingerprint density at radius 2 is 1.67 bits per heavy atom. The molecule has 33 heavy (non-hydrogen) atoms. The van der Waals surface area contributed by atoms with E-state index in [2.05, 4.69) is 10.2 Å². The quantitative estimate of drug-likeness (QED) is 0.700. The Morgan fingerprint density at radius 1 is 1.06 bits per heavy atom. The lowest BCUT2D eigenvalue weighted by molar-refractivity contribution is -0.144. The molecule has 2 aromatic carbocycles. The van der Waals surface area contributed by atoms with E-state index < -0.39 is 30.4 Å². The van der Waals surface area contributed by atoms with Gasteiger partial charge >= 0.3 is 12.1 Å². The van der Waals surface area contributed by atoms with Crippen LogP contribution in [0.25, 0.3) is 11.1 Å². The van der Waals surface area contributed by atoms with Gasteiger partial charge in [0.05, 0.1) is 6.42 Å². The first-order valence-electron chi connectivity index (χ1n) is 11.2. The number of aliphatic carboxylic acids is 1. The number of hydrogen-bond donors (Lipinski definition) is 2. The summed E-state index contributed by atoms with van der Waals surface area (Å²) in [5.74, 6) is -1.67. The summed E-state index contributed by atoms with van der Waals surface area (Å²) in [6, 6.07) is 14.8. The number of carboxylic acids is 1. The van der Waals surface area contributed by atoms with Crippen molar-refractivity contribution in [2.24, 2.45) is 0 Å². The molecule has 0 bridgehead atoms. The predicted molar refractivity (Wildman–Crippen MR) is 123 cm³/mol. The monoisotopic (exact) mass is 451 g/mol. The Labute approximate surface area is 193 Å². The number of amides is 2. The number of likely N-dealkylation sites (N-methyl/N-ethyl adjacent to an activating group) is 1. The molecular formula is C25H29N3O5. The largest absolute Gasteiger partial charge is 0.481 e. The summed E-state index contributed by atoms with van der Waals surface area (Å²) in [6.45, 7) is 3.88. The summed E-state index contributed by atoms with van der Waals surface area (Å²) < 4.78 is 5.51. The van der Waals surface area contributed by atoms with Crippen LogP contribution in [0, 0.1) is 0 Å². The summed E-state index contributed by atoms with van der Waals surface area (Å²) in [5.41, 5.74) is 4.39. The minimum atomic E-state index is -1.18. The molecular weight excluding hydrogens is 422 g/mol. The molecule has 2 aliphatic rings. The maximum atomic E-state index is 13.0. The van der Waals surface area contributed by atoms with Crippen LogP contribution in [0.15, 0.2) is 48.5 Å². The van der Waals surface area contributed by atoms with Gasteiger partial charge < -0.3 is 25.0 Å². The summed E-state index contributed by atoms with van der Waals surface area (Å²) in [4.78, 5) is 40.8. The first-order valence-corrected chi connectivity index (χ1v) is 11.2. The molecule has 1 aliphatic carbocycles. The molecule has 174 valence electrons. The van der Waals surface area contributed by atoms with Gasteiger partial charge in [0.1, 0.15) is 12.6 Å². The maximum absolute atomic E-state index is 13.0. The molecule has 2 unspecified atom stereocenters. The van der Waals surface area contributed by atoms with E-state index in [-0.39, 0.29) is 18.6 Å². The van der Waals surface area contributed by atoms with Crippen molar-refractivity contribution >= 4 is 18.0 Å². The SMILES string of the molecule is CC1CN(C)CCN1C(=O)C(CC(=O)O)NC(=O)OCC1c2ccccc2-c2ccccc21. The fourth-order valence-corrected chi connectivity index (χ4v) is 4.82. The Hall–Kier alpha value is -3.39. The van der Waals surface area contributed by atoms with Crippen molar-refractivity contribution < 1.29 is 24.2 Å². The number of carbonyl (C=O) groups excluding carboxylic acids is 2. The van der Waals surface area contributed by atoms with E-state index in [0.29, 0.717) is 19.6 Å². The fourth-order valence-electron chi connectivity index (χ4n) is 4.82. The number of hydrogen-bond acceptors (Lipinski definition) is 5. The van der Waals surface area contributed by atoms with Gasteiger partial charge in [-0.05, 0) is 36.2 Å². The van der Waals surface area contributed by atoms with Crippen LogP contribution >= 0.6 is 0 Å². The van der Waals surface area contributed by atoms with Crippen molar-refractivity contribution in [1.82, 2.24) is 15.1 Å². The van der Waals surface area contributed by atoms with Crippen molar-refractivity contribution in [3.63, 3.8) is 0 Å². The van der Waals surface area contributed by atoms with E-state index in [1.165, 1.54) is 0 Å². The van der Waals surface area contributed by atoms with Gasteiger partial charge in [0.15, 0.2) is 0 Å². The molecule has 8 heteroatoms. The zero-order valence-electron chi connectivity index (χ0n) is 18.9. The summed E-state index contributed by atoms with van der Waals surface area (Å²) in [7, 11) is 1.97. The average molecular weight is 452 g/mol. The standard InChI is InChI=1S/C25H29N3O5/c1-16-14-27(2)11-12-28(16)24(31)22(13-23(29)30)26-25(32)33-15-21-19-9-5-3-7-17(19)18-8-4-6-10-20(18)21/h3-10,16,21-22H,11-15H2,1-2H3,(H,26,32)(H,29,30). The number of carbonyl (C=O) groups is 3. The van der Waals surface area contributed by atoms with Crippen molar-refractivity contribution in [3.05, 3.63) is 59.7 Å². The van der Waals surface area contributed by atoms with E-state index in [1.54, 1.807) is 4.90 Å². The van der Waals surface area contributed by atoms with E-state index >= 15 is 0 Å². The zero-order chi connectivity index (χ0) is 23.5. The van der Waals surface area contributed by atoms with Gasteiger partial charge in [-0.3, -0.25) is 9.59 Å². The molecule has 2 N–H and O–H groups in total. The van der Waals surface area contributed by atoms with Gasteiger partial charge in [-0.2, -0.15) is 0 Å². The van der Waals surface area contributed by atoms with Gasteiger partial charge in [0.25, 0.3) is 0 Å². The molecule has 1 heterocycles. The number of rotatable bonds is 6. The highest BCUT2D eigenvalue weighted by Gasteiger charge is 2.34. The van der Waals surface area contributed by atoms with Crippen molar-refractivity contribution in [2.45, 2.75) is 31.3 Å². The molecule has 0 aromatic heterocycles. The van der Waals surface area contributed by atoms with Crippen LogP contribution in [0.2, 0.25) is 0 Å². The van der Waals surface area contributed by atoms with Gasteiger partial charge in [0, 0.05) is 31.6 Å². The molecule has 2 atom stereocenters. The number of nitrogens with one attached hydrogen (secondary N) is 1. The first kappa shape index (κ1) is 22.8. The van der Waals surface area contributed by atoms with E-state index in [9.17, 15) is 19.5 Å². The second-order valence-corrected chi connectivity index (χ2v) is 8.76. The number of alkyl carbamates (subject to hydrolysis) is 1. The highest BCUT2D eigenvalue weighted by molar-refractivity contribution is 5.89. The highest BCUT2D eigenvalue weighted by atomic mass is 16.5. The lowest BCUT2D eigenvalue weighted by atomic mass is 9.98. The minimum absolute atomic E-state index is 0.0724. The third-order valence-corrected chi connectivity index (χ3v) is 6.43. The molecule has 1 saturated heterocycles. The van der Waals surface area contributed by atoms with Crippen LogP contribution in [0.5, 0.6) is 0 Å². The van der Waals surface area contributed by atoms with Crippen LogP contribution in [-0.4, -0.2) is 78.2 Å². The average Bonchev–Trinajstić information content (AvgIpc) is 3.10. The number of ether oxygens (including phenoxy) is 1. The van der Waals surface area contributed by atoms with Gasteiger partial charge in [-0.1, -0.05) is 48.5 Å². The zero-order valence-corrected chi connectivity index (χ0v) is 18.9. The molecule has 2 amide bonds. The highest BCUT2D eigenvalue weighted by Crippen LogP contribution is 2.44. The summed E-state index contributed by atoms with van der Waals surface area (Å²) in [5, 5.41) is 11.8. The van der Waals surface area contributed by atoms with Gasteiger partial charge in [-0.25, -0.2) is 4.79 Å². The maximum Gasteiger partial charge on any atom is 0.407 e. The van der Waals surface area contributed by atoms with E-state index in [4.69, 9.17) is 4.74 Å². The molecule has 0 saturated carbocycles. The predicted octanol–water partition coefficient (Wildman–Crippen LogP) is 2.53. The summed E-state index contributed by atoms with van der Waals surface area (Å²) >= 11 is 0. The molecule has 1 aliphatic heterocycles. The van der Waals surface area contributed by atoms with Crippen LogP contribution in [0.3, 0.4) is 0 Å². The van der Waals surface area contributed by atoms with Crippen molar-refractivity contribution in [2.75, 3.05) is 33.3 Å². The third-order valence-electron chi connectivity index (χ3n) is 6.43. The van der Waals surface area contributed by atoms with Crippen molar-refractivity contribution in [1.29, 1.82) is 0 Å². The lowest BCUT2D eigenvalue weighted by Gasteiger charge is -2.39. The molecule has 2 aromatic rings. The Morgan fingerprint density at radius 3 is 2.24 bits per heavy atom. The molecule has 4 rings (SSSR count). The van der Waals surface area contributed by atoms with Gasteiger partial charge in [0.2, 0.25) is 5.91 Å². The lowest BCUT2D eigenvalue weighted by Crippen LogP contribution is -2.58. The smallest absolute Gasteiger partial charge is 0.407 e. The Bertz CT molecular complexity index is 1010. The normalized spacial score (nSPS) is 18.8. The molecule has 0 spiro atoms. The van der Waals surface area contributed by atoms with E-state index in [0.717, 1.165) is 22.3 Å². The topological polar surface area (TPSA) is 99.2 Å². The second-order valence-electron chi connectivity index (χ2n) is 8.76. The minimum Gasteiger partial charge on any atom is -0.481 e. The number of carboxylic acid groups (broad SMARTS) is 1. The van der Waals surface area contributed by atoms with Crippen LogP contribution < -0.4 is 5.32 Å². The van der Waals surface area contributed by atoms with Crippen LogP contribution in [0.4, 0.5) is 4.79 Å².